The zero-order chi connectivity index (χ0) is 24.7. The molecule has 2 N–H and O–H groups in total. The lowest BCUT2D eigenvalue weighted by atomic mass is 10.1. The van der Waals surface area contributed by atoms with Gasteiger partial charge in [-0.05, 0) is 17.7 Å². The van der Waals surface area contributed by atoms with Gasteiger partial charge in [0.05, 0.1) is 12.6 Å². The van der Waals surface area contributed by atoms with Crippen molar-refractivity contribution in [2.24, 2.45) is 0 Å². The van der Waals surface area contributed by atoms with E-state index in [2.05, 4.69) is 20.6 Å². The standard InChI is InChI=1S/C24H30N6O4/c1-5-21(32)29(3)19-12-11-17-23(28-19)30(18(15-34-4)16-9-7-6-8-10-16)24(33)22(27-17)26-14-13-20(31)25-2/h6-12,18H,5,13-15H2,1-4H3,(H,25,31)(H,26,27)/t18-/m0/s1. The fraction of sp³-hybridized carbons (Fsp3) is 0.375. The molecule has 0 radical (unpaired) electrons. The Morgan fingerprint density at radius 1 is 1.15 bits per heavy atom. The van der Waals surface area contributed by atoms with Gasteiger partial charge in [0.1, 0.15) is 11.3 Å². The first-order valence-corrected chi connectivity index (χ1v) is 11.1. The molecule has 2 heterocycles. The third kappa shape index (κ3) is 5.40. The third-order valence-electron chi connectivity index (χ3n) is 5.49. The minimum absolute atomic E-state index is 0.0994. The number of hydrogen-bond donors (Lipinski definition) is 2. The Balaban J connectivity index is 2.20. The molecule has 0 bridgehead atoms. The first kappa shape index (κ1) is 24.8. The maximum atomic E-state index is 13.7. The van der Waals surface area contributed by atoms with Gasteiger partial charge >= 0.3 is 0 Å². The third-order valence-corrected chi connectivity index (χ3v) is 5.49. The lowest BCUT2D eigenvalue weighted by molar-refractivity contribution is -0.120. The summed E-state index contributed by atoms with van der Waals surface area (Å²) >= 11 is 0. The number of nitrogens with one attached hydrogen (secondary N) is 2. The first-order chi connectivity index (χ1) is 16.4. The maximum absolute atomic E-state index is 13.7. The first-order valence-electron chi connectivity index (χ1n) is 11.1. The van der Waals surface area contributed by atoms with Crippen LogP contribution in [0.3, 0.4) is 0 Å². The van der Waals surface area contributed by atoms with Crippen LogP contribution in [0.2, 0.25) is 0 Å². The lowest BCUT2D eigenvalue weighted by Gasteiger charge is -2.23. The molecule has 0 saturated heterocycles. The Morgan fingerprint density at radius 3 is 2.53 bits per heavy atom. The van der Waals surface area contributed by atoms with Crippen LogP contribution in [0.5, 0.6) is 0 Å². The number of methoxy groups -OCH3 is 1. The molecule has 0 saturated carbocycles. The zero-order valence-electron chi connectivity index (χ0n) is 19.9. The second-order valence-corrected chi connectivity index (χ2v) is 7.69. The number of amides is 2. The normalized spacial score (nSPS) is 11.8. The number of benzene rings is 1. The van der Waals surface area contributed by atoms with E-state index in [-0.39, 0.29) is 37.2 Å². The highest BCUT2D eigenvalue weighted by Gasteiger charge is 2.23. The van der Waals surface area contributed by atoms with Crippen molar-refractivity contribution >= 4 is 34.6 Å². The minimum Gasteiger partial charge on any atom is -0.382 e. The number of aromatic nitrogens is 3. The quantitative estimate of drug-likeness (QED) is 0.469. The molecule has 2 amide bonds. The van der Waals surface area contributed by atoms with Crippen LogP contribution in [0, 0.1) is 0 Å². The van der Waals surface area contributed by atoms with Crippen molar-refractivity contribution < 1.29 is 14.3 Å². The number of anilines is 2. The Morgan fingerprint density at radius 2 is 1.88 bits per heavy atom. The Hall–Kier alpha value is -3.79. The molecule has 10 heteroatoms. The zero-order valence-corrected chi connectivity index (χ0v) is 19.9. The molecule has 0 aliphatic heterocycles. The fourth-order valence-corrected chi connectivity index (χ4v) is 3.60. The molecule has 0 fully saturated rings. The number of rotatable bonds is 10. The average molecular weight is 467 g/mol. The molecule has 34 heavy (non-hydrogen) atoms. The van der Waals surface area contributed by atoms with Crippen LogP contribution in [0.25, 0.3) is 11.2 Å². The summed E-state index contributed by atoms with van der Waals surface area (Å²) in [6, 6.07) is 12.4. The van der Waals surface area contributed by atoms with Gasteiger partial charge in [0, 0.05) is 40.6 Å². The number of carbonyl (C=O) groups is 2. The van der Waals surface area contributed by atoms with E-state index in [0.717, 1.165) is 5.56 Å². The van der Waals surface area contributed by atoms with E-state index in [1.807, 2.05) is 30.3 Å². The van der Waals surface area contributed by atoms with E-state index in [1.54, 1.807) is 40.3 Å². The summed E-state index contributed by atoms with van der Waals surface area (Å²) in [5.74, 6) is 0.280. The van der Waals surface area contributed by atoms with Gasteiger partial charge in [-0.25, -0.2) is 9.97 Å². The average Bonchev–Trinajstić information content (AvgIpc) is 2.87. The van der Waals surface area contributed by atoms with E-state index >= 15 is 0 Å². The van der Waals surface area contributed by atoms with Gasteiger partial charge in [0.25, 0.3) is 5.56 Å². The number of carbonyl (C=O) groups excluding carboxylic acids is 2. The highest BCUT2D eigenvalue weighted by molar-refractivity contribution is 5.92. The van der Waals surface area contributed by atoms with E-state index in [0.29, 0.717) is 23.4 Å². The molecular formula is C24H30N6O4. The van der Waals surface area contributed by atoms with Crippen molar-refractivity contribution in [1.29, 1.82) is 0 Å². The summed E-state index contributed by atoms with van der Waals surface area (Å²) < 4.78 is 7.01. The van der Waals surface area contributed by atoms with Crippen molar-refractivity contribution in [2.75, 3.05) is 44.6 Å². The highest BCUT2D eigenvalue weighted by atomic mass is 16.5. The van der Waals surface area contributed by atoms with E-state index in [9.17, 15) is 14.4 Å². The van der Waals surface area contributed by atoms with Crippen molar-refractivity contribution in [1.82, 2.24) is 19.9 Å². The number of hydrogen-bond acceptors (Lipinski definition) is 7. The van der Waals surface area contributed by atoms with Gasteiger partial charge < -0.3 is 15.4 Å². The largest absolute Gasteiger partial charge is 0.382 e. The number of fused-ring (bicyclic) bond motifs is 1. The molecule has 0 spiro atoms. The maximum Gasteiger partial charge on any atom is 0.295 e. The van der Waals surface area contributed by atoms with Crippen LogP contribution in [0.1, 0.15) is 31.4 Å². The topological polar surface area (TPSA) is 118 Å². The van der Waals surface area contributed by atoms with Crippen LogP contribution in [0.4, 0.5) is 11.6 Å². The molecule has 0 unspecified atom stereocenters. The van der Waals surface area contributed by atoms with Crippen molar-refractivity contribution in [3.8, 4) is 0 Å². The van der Waals surface area contributed by atoms with Gasteiger partial charge in [0.15, 0.2) is 11.5 Å². The molecule has 1 aromatic carbocycles. The van der Waals surface area contributed by atoms with Gasteiger partial charge in [-0.1, -0.05) is 37.3 Å². The predicted octanol–water partition coefficient (Wildman–Crippen LogP) is 1.95. The second-order valence-electron chi connectivity index (χ2n) is 7.69. The van der Waals surface area contributed by atoms with Crippen LogP contribution in [-0.4, -0.2) is 60.7 Å². The molecular weight excluding hydrogens is 436 g/mol. The summed E-state index contributed by atoms with van der Waals surface area (Å²) in [5.41, 5.74) is 1.27. The van der Waals surface area contributed by atoms with Crippen LogP contribution < -0.4 is 21.1 Å². The lowest BCUT2D eigenvalue weighted by Crippen LogP contribution is -2.33. The van der Waals surface area contributed by atoms with Gasteiger partial charge in [-0.3, -0.25) is 23.9 Å². The van der Waals surface area contributed by atoms with E-state index < -0.39 is 11.6 Å². The molecule has 180 valence electrons. The minimum atomic E-state index is -0.487. The number of ether oxygens (including phenoxy) is 1. The number of pyridine rings is 1. The number of nitrogens with zero attached hydrogens (tertiary/aromatic N) is 4. The van der Waals surface area contributed by atoms with Gasteiger partial charge in [0.2, 0.25) is 11.8 Å². The van der Waals surface area contributed by atoms with Crippen molar-refractivity contribution in [3.63, 3.8) is 0 Å². The van der Waals surface area contributed by atoms with Gasteiger partial charge in [-0.15, -0.1) is 0 Å². The summed E-state index contributed by atoms with van der Waals surface area (Å²) in [7, 11) is 4.77. The molecule has 3 aromatic rings. The van der Waals surface area contributed by atoms with Gasteiger partial charge in [-0.2, -0.15) is 0 Å². The molecule has 1 atom stereocenters. The van der Waals surface area contributed by atoms with Crippen LogP contribution >= 0.6 is 0 Å². The summed E-state index contributed by atoms with van der Waals surface area (Å²) in [5, 5.41) is 5.54. The molecule has 10 nitrogen and oxygen atoms in total. The van der Waals surface area contributed by atoms with Crippen LogP contribution in [-0.2, 0) is 14.3 Å². The van der Waals surface area contributed by atoms with Crippen molar-refractivity contribution in [2.45, 2.75) is 25.8 Å². The monoisotopic (exact) mass is 466 g/mol. The molecule has 3 rings (SSSR count). The Bertz CT molecular complexity index is 1210. The molecule has 0 aliphatic rings. The molecule has 0 aliphatic carbocycles. The fourth-order valence-electron chi connectivity index (χ4n) is 3.60. The SMILES string of the molecule is CCC(=O)N(C)c1ccc2nc(NCCC(=O)NC)c(=O)n([C@@H](COC)c3ccccc3)c2n1. The molecule has 2 aromatic heterocycles. The highest BCUT2D eigenvalue weighted by Crippen LogP contribution is 2.24. The van der Waals surface area contributed by atoms with Crippen LogP contribution in [0.15, 0.2) is 47.3 Å². The smallest absolute Gasteiger partial charge is 0.295 e. The summed E-state index contributed by atoms with van der Waals surface area (Å²) in [4.78, 5) is 48.1. The predicted molar refractivity (Wildman–Crippen MR) is 131 cm³/mol. The van der Waals surface area contributed by atoms with E-state index in [4.69, 9.17) is 4.74 Å². The van der Waals surface area contributed by atoms with E-state index in [1.165, 1.54) is 9.47 Å². The van der Waals surface area contributed by atoms with Crippen molar-refractivity contribution in [3.05, 3.63) is 58.4 Å². The Kier molecular flexibility index (Phi) is 8.31. The summed E-state index contributed by atoms with van der Waals surface area (Å²) in [6.07, 6.45) is 0.517. The Labute approximate surface area is 198 Å². The summed E-state index contributed by atoms with van der Waals surface area (Å²) in [6.45, 7) is 2.24. The second kappa shape index (κ2) is 11.4.